The van der Waals surface area contributed by atoms with Crippen molar-refractivity contribution >= 4 is 22.6 Å². The van der Waals surface area contributed by atoms with E-state index in [1.54, 1.807) is 30.7 Å². The largest absolute Gasteiger partial charge is 0.482 e. The average Bonchev–Trinajstić information content (AvgIpc) is 3.29. The molecule has 4 rings (SSSR count). The fourth-order valence-corrected chi connectivity index (χ4v) is 3.70. The SMILES string of the molecule is CCOC(=O)c1cc(OC)n2c(C)c(-c3cc4ccc(CC)nc4n3CO)nc2c1. The van der Waals surface area contributed by atoms with Gasteiger partial charge in [-0.3, -0.25) is 8.97 Å². The van der Waals surface area contributed by atoms with Gasteiger partial charge >= 0.3 is 5.97 Å². The summed E-state index contributed by atoms with van der Waals surface area (Å²) < 4.78 is 14.2. The Labute approximate surface area is 173 Å². The smallest absolute Gasteiger partial charge is 0.338 e. The molecular weight excluding hydrogens is 384 g/mol. The summed E-state index contributed by atoms with van der Waals surface area (Å²) >= 11 is 0. The lowest BCUT2D eigenvalue weighted by Crippen LogP contribution is -2.07. The van der Waals surface area contributed by atoms with Crippen LogP contribution >= 0.6 is 0 Å². The molecule has 0 unspecified atom stereocenters. The maximum absolute atomic E-state index is 12.2. The number of fused-ring (bicyclic) bond motifs is 2. The lowest BCUT2D eigenvalue weighted by Gasteiger charge is -2.09. The topological polar surface area (TPSA) is 90.9 Å². The lowest BCUT2D eigenvalue weighted by atomic mass is 10.2. The third-order valence-corrected chi connectivity index (χ3v) is 5.19. The molecule has 0 aliphatic carbocycles. The van der Waals surface area contributed by atoms with Crippen LogP contribution in [0.3, 0.4) is 0 Å². The van der Waals surface area contributed by atoms with E-state index in [4.69, 9.17) is 14.5 Å². The third kappa shape index (κ3) is 3.09. The number of aliphatic hydroxyl groups is 1. The Morgan fingerprint density at radius 2 is 1.97 bits per heavy atom. The van der Waals surface area contributed by atoms with E-state index in [-0.39, 0.29) is 13.3 Å². The summed E-state index contributed by atoms with van der Waals surface area (Å²) in [6.07, 6.45) is 0.809. The molecule has 4 aromatic rings. The van der Waals surface area contributed by atoms with Gasteiger partial charge in [0.25, 0.3) is 0 Å². The quantitative estimate of drug-likeness (QED) is 0.492. The molecule has 0 saturated heterocycles. The van der Waals surface area contributed by atoms with Gasteiger partial charge in [0.05, 0.1) is 30.7 Å². The molecule has 0 aliphatic rings. The van der Waals surface area contributed by atoms with Crippen molar-refractivity contribution in [3.05, 3.63) is 47.3 Å². The number of carbonyl (C=O) groups is 1. The molecule has 0 saturated carbocycles. The van der Waals surface area contributed by atoms with Gasteiger partial charge in [0, 0.05) is 17.1 Å². The predicted octanol–water partition coefficient (Wildman–Crippen LogP) is 3.36. The number of imidazole rings is 1. The van der Waals surface area contributed by atoms with Gasteiger partial charge in [-0.1, -0.05) is 6.92 Å². The highest BCUT2D eigenvalue weighted by atomic mass is 16.5. The highest BCUT2D eigenvalue weighted by Crippen LogP contribution is 2.32. The van der Waals surface area contributed by atoms with Gasteiger partial charge in [-0.05, 0) is 44.5 Å². The third-order valence-electron chi connectivity index (χ3n) is 5.19. The summed E-state index contributed by atoms with van der Waals surface area (Å²) in [6, 6.07) is 9.27. The summed E-state index contributed by atoms with van der Waals surface area (Å²) in [5.41, 5.74) is 4.84. The van der Waals surface area contributed by atoms with Crippen molar-refractivity contribution in [2.75, 3.05) is 13.7 Å². The zero-order valence-corrected chi connectivity index (χ0v) is 17.5. The van der Waals surface area contributed by atoms with Gasteiger partial charge in [-0.25, -0.2) is 14.8 Å². The number of ether oxygens (including phenoxy) is 2. The van der Waals surface area contributed by atoms with Gasteiger partial charge in [0.2, 0.25) is 0 Å². The van der Waals surface area contributed by atoms with E-state index < -0.39 is 5.97 Å². The number of aliphatic hydroxyl groups excluding tert-OH is 1. The van der Waals surface area contributed by atoms with E-state index in [0.717, 1.165) is 28.9 Å². The minimum absolute atomic E-state index is 0.225. The van der Waals surface area contributed by atoms with Crippen LogP contribution in [0.1, 0.15) is 35.6 Å². The lowest BCUT2D eigenvalue weighted by molar-refractivity contribution is 0.0526. The van der Waals surface area contributed by atoms with Crippen LogP contribution in [-0.2, 0) is 17.9 Å². The van der Waals surface area contributed by atoms with Crippen LogP contribution in [-0.4, -0.2) is 43.7 Å². The van der Waals surface area contributed by atoms with Crippen LogP contribution in [0.25, 0.3) is 28.1 Å². The second-order valence-corrected chi connectivity index (χ2v) is 6.91. The summed E-state index contributed by atoms with van der Waals surface area (Å²) in [4.78, 5) is 21.7. The molecule has 0 bridgehead atoms. The molecule has 0 aliphatic heterocycles. The first-order valence-corrected chi connectivity index (χ1v) is 9.86. The molecule has 0 radical (unpaired) electrons. The zero-order chi connectivity index (χ0) is 21.4. The molecule has 4 heterocycles. The molecule has 0 aromatic carbocycles. The molecule has 156 valence electrons. The van der Waals surface area contributed by atoms with E-state index in [0.29, 0.717) is 28.4 Å². The Hall–Kier alpha value is -3.39. The van der Waals surface area contributed by atoms with Crippen molar-refractivity contribution in [3.8, 4) is 17.3 Å². The molecule has 0 amide bonds. The monoisotopic (exact) mass is 408 g/mol. The van der Waals surface area contributed by atoms with Gasteiger partial charge in [0.1, 0.15) is 23.7 Å². The molecule has 0 atom stereocenters. The van der Waals surface area contributed by atoms with Crippen LogP contribution in [0, 0.1) is 6.92 Å². The predicted molar refractivity (Wildman–Crippen MR) is 113 cm³/mol. The first-order chi connectivity index (χ1) is 14.5. The number of hydrogen-bond donors (Lipinski definition) is 1. The second kappa shape index (κ2) is 7.79. The highest BCUT2D eigenvalue weighted by molar-refractivity contribution is 5.91. The number of nitrogens with zero attached hydrogens (tertiary/aromatic N) is 4. The van der Waals surface area contributed by atoms with Crippen molar-refractivity contribution < 1.29 is 19.4 Å². The number of aryl methyl sites for hydroxylation is 2. The molecule has 4 aromatic heterocycles. The zero-order valence-electron chi connectivity index (χ0n) is 17.5. The Bertz CT molecular complexity index is 1260. The molecule has 0 spiro atoms. The second-order valence-electron chi connectivity index (χ2n) is 6.91. The Morgan fingerprint density at radius 1 is 1.17 bits per heavy atom. The fraction of sp³-hybridized carbons (Fsp3) is 0.318. The normalized spacial score (nSPS) is 11.4. The van der Waals surface area contributed by atoms with E-state index in [2.05, 4.69) is 4.98 Å². The molecule has 1 N–H and O–H groups in total. The Morgan fingerprint density at radius 3 is 2.63 bits per heavy atom. The van der Waals surface area contributed by atoms with Crippen LogP contribution in [0.2, 0.25) is 0 Å². The van der Waals surface area contributed by atoms with E-state index in [9.17, 15) is 9.90 Å². The summed E-state index contributed by atoms with van der Waals surface area (Å²) in [6.45, 7) is 5.79. The van der Waals surface area contributed by atoms with Crippen molar-refractivity contribution in [1.82, 2.24) is 18.9 Å². The fourth-order valence-electron chi connectivity index (χ4n) is 3.70. The summed E-state index contributed by atoms with van der Waals surface area (Å²) in [7, 11) is 1.55. The number of methoxy groups -OCH3 is 1. The van der Waals surface area contributed by atoms with Gasteiger partial charge in [-0.15, -0.1) is 0 Å². The van der Waals surface area contributed by atoms with Crippen molar-refractivity contribution in [3.63, 3.8) is 0 Å². The van der Waals surface area contributed by atoms with Gasteiger partial charge < -0.3 is 14.6 Å². The van der Waals surface area contributed by atoms with Crippen molar-refractivity contribution in [2.45, 2.75) is 33.9 Å². The number of rotatable bonds is 6. The van der Waals surface area contributed by atoms with E-state index >= 15 is 0 Å². The van der Waals surface area contributed by atoms with Crippen LogP contribution < -0.4 is 4.74 Å². The van der Waals surface area contributed by atoms with Gasteiger partial charge in [0.15, 0.2) is 5.88 Å². The minimum Gasteiger partial charge on any atom is -0.482 e. The number of carbonyl (C=O) groups excluding carboxylic acids is 1. The first-order valence-electron chi connectivity index (χ1n) is 9.86. The molecule has 8 heteroatoms. The van der Waals surface area contributed by atoms with E-state index in [1.807, 2.05) is 36.4 Å². The summed E-state index contributed by atoms with van der Waals surface area (Å²) in [5.74, 6) is 0.0473. The number of aromatic nitrogens is 4. The number of pyridine rings is 2. The average molecular weight is 408 g/mol. The van der Waals surface area contributed by atoms with Crippen LogP contribution in [0.15, 0.2) is 30.3 Å². The molecular formula is C22H24N4O4. The Balaban J connectivity index is 1.95. The van der Waals surface area contributed by atoms with Crippen molar-refractivity contribution in [1.29, 1.82) is 0 Å². The maximum Gasteiger partial charge on any atom is 0.338 e. The minimum atomic E-state index is -0.429. The highest BCUT2D eigenvalue weighted by Gasteiger charge is 2.21. The molecule has 0 fully saturated rings. The van der Waals surface area contributed by atoms with E-state index in [1.165, 1.54) is 0 Å². The van der Waals surface area contributed by atoms with Gasteiger partial charge in [-0.2, -0.15) is 0 Å². The summed E-state index contributed by atoms with van der Waals surface area (Å²) in [5, 5.41) is 11.0. The maximum atomic E-state index is 12.2. The van der Waals surface area contributed by atoms with Crippen LogP contribution in [0.4, 0.5) is 0 Å². The van der Waals surface area contributed by atoms with Crippen molar-refractivity contribution in [2.24, 2.45) is 0 Å². The number of esters is 1. The molecule has 30 heavy (non-hydrogen) atoms. The standard InChI is InChI=1S/C22H24N4O4/c1-5-16-8-7-14-9-17(25(12-27)21(14)23-16)20-13(3)26-18(24-20)10-15(11-19(26)29-4)22(28)30-6-2/h7-11,27H,5-6,12H2,1-4H3. The number of hydrogen-bond acceptors (Lipinski definition) is 6. The first kappa shape index (κ1) is 19.9. The van der Waals surface area contributed by atoms with Crippen LogP contribution in [0.5, 0.6) is 5.88 Å². The molecule has 8 nitrogen and oxygen atoms in total. The Kier molecular flexibility index (Phi) is 5.17.